The van der Waals surface area contributed by atoms with Crippen molar-refractivity contribution in [2.45, 2.75) is 13.8 Å². The number of carbonyl (C=O) groups excluding carboxylic acids is 1. The Bertz CT molecular complexity index is 941. The number of aromatic nitrogens is 2. The number of ether oxygens (including phenoxy) is 1. The number of nitrogens with two attached hydrogens (primary N) is 1. The minimum Gasteiger partial charge on any atom is -0.462 e. The van der Waals surface area contributed by atoms with Gasteiger partial charge in [-0.2, -0.15) is 0 Å². The van der Waals surface area contributed by atoms with Crippen molar-refractivity contribution >= 4 is 23.2 Å². The number of nitrogen functional groups attached to an aromatic ring is 1. The first-order valence-corrected chi connectivity index (χ1v) is 8.31. The van der Waals surface area contributed by atoms with Crippen LogP contribution in [0.3, 0.4) is 0 Å². The van der Waals surface area contributed by atoms with Crippen LogP contribution in [0.2, 0.25) is 0 Å². The maximum absolute atomic E-state index is 12.3. The monoisotopic (exact) mass is 348 g/mol. The molecular weight excluding hydrogens is 328 g/mol. The van der Waals surface area contributed by atoms with Gasteiger partial charge in [0.15, 0.2) is 5.82 Å². The van der Waals surface area contributed by atoms with Crippen LogP contribution < -0.4 is 11.1 Å². The lowest BCUT2D eigenvalue weighted by Crippen LogP contribution is -2.11. The van der Waals surface area contributed by atoms with Crippen molar-refractivity contribution < 1.29 is 9.53 Å². The minimum atomic E-state index is -0.470. The Morgan fingerprint density at radius 1 is 1.19 bits per heavy atom. The molecule has 0 fully saturated rings. The number of esters is 1. The number of hydrogen-bond donors (Lipinski definition) is 2. The Balaban J connectivity index is 2.06. The van der Waals surface area contributed by atoms with Gasteiger partial charge < -0.3 is 15.8 Å². The molecule has 26 heavy (non-hydrogen) atoms. The molecular formula is C20H20N4O2. The highest BCUT2D eigenvalue weighted by molar-refractivity contribution is 5.95. The number of hydrogen-bond acceptors (Lipinski definition) is 6. The van der Waals surface area contributed by atoms with E-state index < -0.39 is 5.97 Å². The van der Waals surface area contributed by atoms with Crippen LogP contribution >= 0.6 is 0 Å². The molecule has 6 nitrogen and oxygen atoms in total. The molecule has 0 atom stereocenters. The first kappa shape index (κ1) is 17.4. The Labute approximate surface area is 152 Å². The van der Waals surface area contributed by atoms with Crippen molar-refractivity contribution in [2.24, 2.45) is 0 Å². The molecule has 0 spiro atoms. The second-order valence-electron chi connectivity index (χ2n) is 5.74. The number of rotatable bonds is 5. The third-order valence-corrected chi connectivity index (χ3v) is 3.83. The van der Waals surface area contributed by atoms with Crippen molar-refractivity contribution in [2.75, 3.05) is 17.7 Å². The molecule has 1 aromatic heterocycles. The van der Waals surface area contributed by atoms with E-state index >= 15 is 0 Å². The number of para-hydroxylation sites is 1. The average molecular weight is 348 g/mol. The molecule has 6 heteroatoms. The average Bonchev–Trinajstić information content (AvgIpc) is 2.64. The molecule has 3 aromatic rings. The summed E-state index contributed by atoms with van der Waals surface area (Å²) in [4.78, 5) is 21.1. The quantitative estimate of drug-likeness (QED) is 0.536. The van der Waals surface area contributed by atoms with Gasteiger partial charge in [-0.15, -0.1) is 0 Å². The molecule has 0 amide bonds. The summed E-state index contributed by atoms with van der Waals surface area (Å²) in [5.41, 5.74) is 9.41. The molecule has 3 rings (SSSR count). The van der Waals surface area contributed by atoms with Crippen LogP contribution in [0.5, 0.6) is 0 Å². The molecule has 0 aliphatic carbocycles. The molecule has 1 heterocycles. The lowest BCUT2D eigenvalue weighted by molar-refractivity contribution is 0.0526. The number of aryl methyl sites for hydroxylation is 1. The van der Waals surface area contributed by atoms with Gasteiger partial charge in [0.25, 0.3) is 0 Å². The first-order valence-electron chi connectivity index (χ1n) is 8.31. The van der Waals surface area contributed by atoms with Gasteiger partial charge in [-0.25, -0.2) is 14.8 Å². The van der Waals surface area contributed by atoms with E-state index in [1.165, 1.54) is 6.20 Å². The summed E-state index contributed by atoms with van der Waals surface area (Å²) in [7, 11) is 0. The lowest BCUT2D eigenvalue weighted by Gasteiger charge is -2.13. The fourth-order valence-electron chi connectivity index (χ4n) is 2.49. The molecule has 0 aliphatic rings. The van der Waals surface area contributed by atoms with Crippen LogP contribution in [0.15, 0.2) is 54.7 Å². The summed E-state index contributed by atoms with van der Waals surface area (Å²) in [5, 5.41) is 3.22. The predicted octanol–water partition coefficient (Wildman–Crippen LogP) is 3.95. The third-order valence-electron chi connectivity index (χ3n) is 3.83. The number of nitrogens with one attached hydrogen (secondary N) is 1. The first-order chi connectivity index (χ1) is 12.6. The molecule has 0 saturated heterocycles. The number of anilines is 3. The van der Waals surface area contributed by atoms with Gasteiger partial charge in [0.05, 0.1) is 6.61 Å². The Kier molecular flexibility index (Phi) is 5.12. The van der Waals surface area contributed by atoms with Crippen LogP contribution in [0.4, 0.5) is 17.2 Å². The van der Waals surface area contributed by atoms with Crippen molar-refractivity contribution in [3.8, 4) is 11.4 Å². The number of benzene rings is 2. The van der Waals surface area contributed by atoms with Crippen LogP contribution in [0, 0.1) is 6.92 Å². The molecule has 0 radical (unpaired) electrons. The normalized spacial score (nSPS) is 10.4. The highest BCUT2D eigenvalue weighted by Crippen LogP contribution is 2.25. The van der Waals surface area contributed by atoms with Gasteiger partial charge in [0.2, 0.25) is 0 Å². The van der Waals surface area contributed by atoms with E-state index in [0.29, 0.717) is 17.3 Å². The van der Waals surface area contributed by atoms with Gasteiger partial charge in [0.1, 0.15) is 11.4 Å². The number of carbonyl (C=O) groups is 1. The predicted molar refractivity (Wildman–Crippen MR) is 102 cm³/mol. The smallest absolute Gasteiger partial charge is 0.343 e. The topological polar surface area (TPSA) is 90.1 Å². The van der Waals surface area contributed by atoms with Crippen molar-refractivity contribution in [3.05, 3.63) is 65.9 Å². The van der Waals surface area contributed by atoms with E-state index in [0.717, 1.165) is 16.8 Å². The van der Waals surface area contributed by atoms with Crippen LogP contribution in [0.1, 0.15) is 22.8 Å². The zero-order valence-electron chi connectivity index (χ0n) is 14.7. The summed E-state index contributed by atoms with van der Waals surface area (Å²) in [5.74, 6) is 0.398. The van der Waals surface area contributed by atoms with Crippen molar-refractivity contribution in [1.29, 1.82) is 0 Å². The standard InChI is InChI=1S/C20H20N4O2/c1-3-26-20(25)16-12-22-18(14-8-6-9-15(21)11-14)24-19(16)23-17-10-5-4-7-13(17)2/h4-12H,3,21H2,1-2H3,(H,22,23,24). The maximum Gasteiger partial charge on any atom is 0.343 e. The van der Waals surface area contributed by atoms with Gasteiger partial charge in [-0.05, 0) is 37.6 Å². The molecule has 0 saturated carbocycles. The fraction of sp³-hybridized carbons (Fsp3) is 0.150. The van der Waals surface area contributed by atoms with E-state index in [1.54, 1.807) is 19.1 Å². The molecule has 2 aromatic carbocycles. The zero-order chi connectivity index (χ0) is 18.5. The zero-order valence-corrected chi connectivity index (χ0v) is 14.7. The summed E-state index contributed by atoms with van der Waals surface area (Å²) >= 11 is 0. The SMILES string of the molecule is CCOC(=O)c1cnc(-c2cccc(N)c2)nc1Nc1ccccc1C. The van der Waals surface area contributed by atoms with Gasteiger partial charge in [-0.3, -0.25) is 0 Å². The Hall–Kier alpha value is -3.41. The molecule has 3 N–H and O–H groups in total. The molecule has 132 valence electrons. The summed E-state index contributed by atoms with van der Waals surface area (Å²) in [6.07, 6.45) is 1.48. The fourth-order valence-corrected chi connectivity index (χ4v) is 2.49. The summed E-state index contributed by atoms with van der Waals surface area (Å²) in [6, 6.07) is 15.1. The van der Waals surface area contributed by atoms with Crippen LogP contribution in [-0.4, -0.2) is 22.5 Å². The second-order valence-corrected chi connectivity index (χ2v) is 5.74. The molecule has 0 aliphatic heterocycles. The number of nitrogens with zero attached hydrogens (tertiary/aromatic N) is 2. The molecule has 0 bridgehead atoms. The van der Waals surface area contributed by atoms with E-state index in [9.17, 15) is 4.79 Å². The largest absolute Gasteiger partial charge is 0.462 e. The van der Waals surface area contributed by atoms with Crippen molar-refractivity contribution in [3.63, 3.8) is 0 Å². The van der Waals surface area contributed by atoms with Crippen molar-refractivity contribution in [1.82, 2.24) is 9.97 Å². The van der Waals surface area contributed by atoms with Crippen LogP contribution in [0.25, 0.3) is 11.4 Å². The lowest BCUT2D eigenvalue weighted by atomic mass is 10.1. The van der Waals surface area contributed by atoms with E-state index in [2.05, 4.69) is 15.3 Å². The highest BCUT2D eigenvalue weighted by Gasteiger charge is 2.17. The third kappa shape index (κ3) is 3.80. The Morgan fingerprint density at radius 2 is 2.00 bits per heavy atom. The minimum absolute atomic E-state index is 0.277. The summed E-state index contributed by atoms with van der Waals surface area (Å²) < 4.78 is 5.12. The van der Waals surface area contributed by atoms with Gasteiger partial charge in [-0.1, -0.05) is 30.3 Å². The van der Waals surface area contributed by atoms with Gasteiger partial charge >= 0.3 is 5.97 Å². The van der Waals surface area contributed by atoms with Crippen LogP contribution in [-0.2, 0) is 4.74 Å². The van der Waals surface area contributed by atoms with Gasteiger partial charge in [0, 0.05) is 23.1 Å². The van der Waals surface area contributed by atoms with E-state index in [-0.39, 0.29) is 12.2 Å². The molecule has 0 unspecified atom stereocenters. The summed E-state index contributed by atoms with van der Waals surface area (Å²) in [6.45, 7) is 4.01. The van der Waals surface area contributed by atoms with E-state index in [1.807, 2.05) is 43.3 Å². The van der Waals surface area contributed by atoms with E-state index in [4.69, 9.17) is 10.5 Å². The highest BCUT2D eigenvalue weighted by atomic mass is 16.5. The second kappa shape index (κ2) is 7.65. The Morgan fingerprint density at radius 3 is 2.73 bits per heavy atom. The maximum atomic E-state index is 12.3.